The second-order valence-corrected chi connectivity index (χ2v) is 6.21. The van der Waals surface area contributed by atoms with Crippen molar-refractivity contribution < 1.29 is 13.7 Å². The van der Waals surface area contributed by atoms with Crippen molar-refractivity contribution in [3.63, 3.8) is 0 Å². The lowest BCUT2D eigenvalue weighted by molar-refractivity contribution is -0.116. The van der Waals surface area contributed by atoms with Crippen molar-refractivity contribution in [2.24, 2.45) is 0 Å². The molecule has 0 aliphatic rings. The van der Waals surface area contributed by atoms with Crippen LogP contribution < -0.4 is 10.9 Å². The first kappa shape index (κ1) is 18.3. The number of nitrogens with one attached hydrogen (secondary N) is 2. The van der Waals surface area contributed by atoms with Gasteiger partial charge in [0.2, 0.25) is 17.6 Å². The molecule has 0 radical (unpaired) electrons. The Bertz CT molecular complexity index is 1260. The van der Waals surface area contributed by atoms with Gasteiger partial charge < -0.3 is 14.8 Å². The van der Waals surface area contributed by atoms with Crippen LogP contribution >= 0.6 is 0 Å². The van der Waals surface area contributed by atoms with E-state index in [4.69, 9.17) is 4.52 Å². The maximum atomic E-state index is 13.0. The molecule has 0 saturated carbocycles. The summed E-state index contributed by atoms with van der Waals surface area (Å²) in [5.74, 6) is -0.275. The van der Waals surface area contributed by atoms with Crippen LogP contribution in [0.1, 0.15) is 11.5 Å². The second kappa shape index (κ2) is 7.89. The molecule has 29 heavy (non-hydrogen) atoms. The fourth-order valence-corrected chi connectivity index (χ4v) is 2.72. The number of rotatable bonds is 5. The van der Waals surface area contributed by atoms with Crippen molar-refractivity contribution in [1.29, 1.82) is 0 Å². The van der Waals surface area contributed by atoms with E-state index in [-0.39, 0.29) is 23.8 Å². The Labute approximate surface area is 163 Å². The van der Waals surface area contributed by atoms with Crippen LogP contribution in [0.15, 0.2) is 70.0 Å². The number of pyridine rings is 1. The summed E-state index contributed by atoms with van der Waals surface area (Å²) in [5.41, 5.74) is 1.42. The number of fused-ring (bicyclic) bond motifs is 1. The number of H-pyrrole nitrogens is 1. The molecule has 0 bridgehead atoms. The van der Waals surface area contributed by atoms with Crippen molar-refractivity contribution in [2.45, 2.75) is 6.54 Å². The van der Waals surface area contributed by atoms with Gasteiger partial charge >= 0.3 is 0 Å². The van der Waals surface area contributed by atoms with Crippen molar-refractivity contribution >= 4 is 22.9 Å². The van der Waals surface area contributed by atoms with Gasteiger partial charge in [-0.3, -0.25) is 9.59 Å². The number of amides is 1. The fraction of sp³-hybridized carbons (Fsp3) is 0.0476. The van der Waals surface area contributed by atoms with Gasteiger partial charge in [0.15, 0.2) is 0 Å². The molecule has 2 N–H and O–H groups in total. The van der Waals surface area contributed by atoms with E-state index >= 15 is 0 Å². The van der Waals surface area contributed by atoms with E-state index in [0.717, 1.165) is 10.9 Å². The molecule has 0 spiro atoms. The van der Waals surface area contributed by atoms with Crippen LogP contribution in [0.2, 0.25) is 0 Å². The SMILES string of the molecule is O=C(/C=C/c1cc2ccccc2[nH]c1=O)NCc1nc(-c2ccc(F)cc2)no1. The number of hydrogen-bond acceptors (Lipinski definition) is 5. The molecule has 0 saturated heterocycles. The van der Waals surface area contributed by atoms with Crippen LogP contribution in [0, 0.1) is 5.82 Å². The highest BCUT2D eigenvalue weighted by atomic mass is 19.1. The molecule has 0 unspecified atom stereocenters. The quantitative estimate of drug-likeness (QED) is 0.510. The number of carbonyl (C=O) groups excluding carboxylic acids is 1. The maximum Gasteiger partial charge on any atom is 0.255 e. The lowest BCUT2D eigenvalue weighted by Crippen LogP contribution is -2.20. The molecule has 0 aliphatic carbocycles. The lowest BCUT2D eigenvalue weighted by atomic mass is 10.1. The van der Waals surface area contributed by atoms with Crippen LogP contribution in [0.4, 0.5) is 4.39 Å². The zero-order chi connectivity index (χ0) is 20.2. The number of benzene rings is 2. The summed E-state index contributed by atoms with van der Waals surface area (Å²) in [7, 11) is 0. The summed E-state index contributed by atoms with van der Waals surface area (Å²) in [6.07, 6.45) is 2.70. The van der Waals surface area contributed by atoms with E-state index in [1.807, 2.05) is 24.3 Å². The molecule has 8 heteroatoms. The summed E-state index contributed by atoms with van der Waals surface area (Å²) in [5, 5.41) is 7.28. The predicted molar refractivity (Wildman–Crippen MR) is 105 cm³/mol. The van der Waals surface area contributed by atoms with Gasteiger partial charge in [0.05, 0.1) is 6.54 Å². The van der Waals surface area contributed by atoms with Gasteiger partial charge in [-0.25, -0.2) is 4.39 Å². The van der Waals surface area contributed by atoms with Crippen molar-refractivity contribution in [3.05, 3.63) is 88.3 Å². The molecule has 0 fully saturated rings. The van der Waals surface area contributed by atoms with Crippen LogP contribution in [-0.2, 0) is 11.3 Å². The zero-order valence-corrected chi connectivity index (χ0v) is 15.1. The molecule has 144 valence electrons. The molecule has 4 rings (SSSR count). The first-order valence-electron chi connectivity index (χ1n) is 8.75. The van der Waals surface area contributed by atoms with Gasteiger partial charge in [0.25, 0.3) is 5.56 Å². The minimum Gasteiger partial charge on any atom is -0.343 e. The summed E-state index contributed by atoms with van der Waals surface area (Å²) in [6, 6.07) is 14.8. The Kier molecular flexibility index (Phi) is 4.98. The summed E-state index contributed by atoms with van der Waals surface area (Å²) in [4.78, 5) is 31.0. The van der Waals surface area contributed by atoms with E-state index in [0.29, 0.717) is 17.0 Å². The molecule has 7 nitrogen and oxygen atoms in total. The number of aromatic nitrogens is 3. The number of carbonyl (C=O) groups is 1. The number of halogens is 1. The molecule has 0 atom stereocenters. The molecule has 2 aromatic heterocycles. The lowest BCUT2D eigenvalue weighted by Gasteiger charge is -1.99. The van der Waals surface area contributed by atoms with Crippen molar-refractivity contribution in [3.8, 4) is 11.4 Å². The van der Waals surface area contributed by atoms with Crippen molar-refractivity contribution in [1.82, 2.24) is 20.4 Å². The van der Waals surface area contributed by atoms with E-state index in [1.54, 1.807) is 6.07 Å². The Balaban J connectivity index is 1.40. The average Bonchev–Trinajstić information content (AvgIpc) is 3.20. The summed E-state index contributed by atoms with van der Waals surface area (Å²) in [6.45, 7) is 0.0193. The number of nitrogens with zero attached hydrogens (tertiary/aromatic N) is 2. The normalized spacial score (nSPS) is 11.2. The highest BCUT2D eigenvalue weighted by Gasteiger charge is 2.09. The predicted octanol–water partition coefficient (Wildman–Crippen LogP) is 3.05. The van der Waals surface area contributed by atoms with Gasteiger partial charge in [0.1, 0.15) is 5.82 Å². The number of hydrogen-bond donors (Lipinski definition) is 2. The van der Waals surface area contributed by atoms with E-state index in [1.165, 1.54) is 36.4 Å². The average molecular weight is 390 g/mol. The molecule has 2 heterocycles. The van der Waals surface area contributed by atoms with Crippen LogP contribution in [0.25, 0.3) is 28.4 Å². The molecule has 0 aliphatic heterocycles. The molecule has 1 amide bonds. The van der Waals surface area contributed by atoms with Crippen LogP contribution in [0.5, 0.6) is 0 Å². The first-order chi connectivity index (χ1) is 14.1. The monoisotopic (exact) mass is 390 g/mol. The highest BCUT2D eigenvalue weighted by Crippen LogP contribution is 2.16. The smallest absolute Gasteiger partial charge is 0.255 e. The third kappa shape index (κ3) is 4.27. The minimum atomic E-state index is -0.418. The molecular formula is C21H15FN4O3. The van der Waals surface area contributed by atoms with Gasteiger partial charge in [-0.05, 0) is 47.9 Å². The molecule has 2 aromatic carbocycles. The molecular weight excluding hydrogens is 375 g/mol. The van der Waals surface area contributed by atoms with Gasteiger partial charge in [-0.1, -0.05) is 23.4 Å². The van der Waals surface area contributed by atoms with Crippen molar-refractivity contribution in [2.75, 3.05) is 0 Å². The van der Waals surface area contributed by atoms with E-state index in [2.05, 4.69) is 20.4 Å². The summed E-state index contributed by atoms with van der Waals surface area (Å²) >= 11 is 0. The fourth-order valence-electron chi connectivity index (χ4n) is 2.72. The third-order valence-electron chi connectivity index (χ3n) is 4.18. The maximum absolute atomic E-state index is 13.0. The largest absolute Gasteiger partial charge is 0.343 e. The minimum absolute atomic E-state index is 0.0193. The van der Waals surface area contributed by atoms with Crippen LogP contribution in [0.3, 0.4) is 0 Å². The van der Waals surface area contributed by atoms with E-state index < -0.39 is 5.91 Å². The Hall–Kier alpha value is -4.07. The van der Waals surface area contributed by atoms with Gasteiger partial charge in [-0.2, -0.15) is 4.98 Å². The Morgan fingerprint density at radius 1 is 1.17 bits per heavy atom. The topological polar surface area (TPSA) is 101 Å². The highest BCUT2D eigenvalue weighted by molar-refractivity contribution is 5.92. The standard InChI is InChI=1S/C21H15FN4O3/c22-16-8-5-13(6-9-16)20-25-19(29-26-20)12-23-18(27)10-7-15-11-14-3-1-2-4-17(14)24-21(15)28/h1-11H,12H2,(H,23,27)(H,24,28)/b10-7+. The Morgan fingerprint density at radius 2 is 1.97 bits per heavy atom. The van der Waals surface area contributed by atoms with Crippen LogP contribution in [-0.4, -0.2) is 21.0 Å². The van der Waals surface area contributed by atoms with Gasteiger partial charge in [-0.15, -0.1) is 0 Å². The number of para-hydroxylation sites is 1. The number of aromatic amines is 1. The third-order valence-corrected chi connectivity index (χ3v) is 4.18. The first-order valence-corrected chi connectivity index (χ1v) is 8.75. The van der Waals surface area contributed by atoms with Gasteiger partial charge in [0, 0.05) is 22.7 Å². The second-order valence-electron chi connectivity index (χ2n) is 6.21. The Morgan fingerprint density at radius 3 is 2.79 bits per heavy atom. The molecule has 4 aromatic rings. The van der Waals surface area contributed by atoms with E-state index in [9.17, 15) is 14.0 Å². The zero-order valence-electron chi connectivity index (χ0n) is 15.1. The summed E-state index contributed by atoms with van der Waals surface area (Å²) < 4.78 is 18.1.